The largest absolute Gasteiger partial charge is 0.307 e. The standard InChI is InChI=1S/C21H22IN3/c1-14-9-11-16(12-10-14)24-19-8-4-5-15(22)13-20(19)25-18-7-3-2-6-17(18)23-21(24)25/h2-3,6-7,9-12,15,19-20H,4-5,8,13H2,1H3/t15-,19?,20-/m0/s1. The molecule has 2 aromatic carbocycles. The molecular weight excluding hydrogens is 421 g/mol. The SMILES string of the molecule is Cc1ccc(N2c3nc4ccccc4n3[C@H]3C[C@@H](I)CCCC32)cc1. The molecule has 0 bridgehead atoms. The van der Waals surface area contributed by atoms with Gasteiger partial charge in [0.1, 0.15) is 0 Å². The van der Waals surface area contributed by atoms with Gasteiger partial charge in [0.05, 0.1) is 23.1 Å². The zero-order chi connectivity index (χ0) is 17.0. The Morgan fingerprint density at radius 1 is 1.00 bits per heavy atom. The maximum Gasteiger partial charge on any atom is 0.211 e. The van der Waals surface area contributed by atoms with Gasteiger partial charge in [0, 0.05) is 9.61 Å². The molecule has 2 aliphatic rings. The average molecular weight is 443 g/mol. The van der Waals surface area contributed by atoms with Gasteiger partial charge in [-0.05, 0) is 50.5 Å². The molecule has 5 rings (SSSR count). The van der Waals surface area contributed by atoms with Gasteiger partial charge in [0.2, 0.25) is 5.95 Å². The number of rotatable bonds is 1. The van der Waals surface area contributed by atoms with Crippen molar-refractivity contribution < 1.29 is 0 Å². The Bertz CT molecular complexity index is 915. The number of alkyl halides is 1. The van der Waals surface area contributed by atoms with Gasteiger partial charge in [-0.25, -0.2) is 4.98 Å². The molecule has 0 amide bonds. The molecule has 0 spiro atoms. The van der Waals surface area contributed by atoms with Crippen LogP contribution < -0.4 is 4.90 Å². The maximum absolute atomic E-state index is 5.04. The van der Waals surface area contributed by atoms with E-state index in [9.17, 15) is 0 Å². The van der Waals surface area contributed by atoms with Crippen LogP contribution in [0.1, 0.15) is 37.3 Å². The third-order valence-electron chi connectivity index (χ3n) is 5.73. The van der Waals surface area contributed by atoms with Crippen molar-refractivity contribution in [2.45, 2.75) is 48.6 Å². The van der Waals surface area contributed by atoms with Gasteiger partial charge >= 0.3 is 0 Å². The minimum absolute atomic E-state index is 0.521. The summed E-state index contributed by atoms with van der Waals surface area (Å²) in [6.07, 6.45) is 5.12. The first-order chi connectivity index (χ1) is 12.2. The molecule has 1 unspecified atom stereocenters. The molecule has 0 radical (unpaired) electrons. The maximum atomic E-state index is 5.04. The van der Waals surface area contributed by atoms with Gasteiger partial charge in [-0.3, -0.25) is 0 Å². The lowest BCUT2D eigenvalue weighted by Gasteiger charge is -2.28. The molecule has 3 atom stereocenters. The third-order valence-corrected chi connectivity index (χ3v) is 6.86. The summed E-state index contributed by atoms with van der Waals surface area (Å²) < 4.78 is 3.27. The Hall–Kier alpha value is -1.56. The number of hydrogen-bond acceptors (Lipinski definition) is 2. The van der Waals surface area contributed by atoms with Crippen LogP contribution in [0.15, 0.2) is 48.5 Å². The molecule has 4 heteroatoms. The van der Waals surface area contributed by atoms with E-state index in [4.69, 9.17) is 4.98 Å². The van der Waals surface area contributed by atoms with E-state index in [-0.39, 0.29) is 0 Å². The average Bonchev–Trinajstić information content (AvgIpc) is 3.04. The Morgan fingerprint density at radius 3 is 2.64 bits per heavy atom. The summed E-state index contributed by atoms with van der Waals surface area (Å²) in [5.41, 5.74) is 4.98. The molecule has 1 aliphatic heterocycles. The fourth-order valence-electron chi connectivity index (χ4n) is 4.55. The van der Waals surface area contributed by atoms with Gasteiger partial charge in [-0.15, -0.1) is 0 Å². The highest BCUT2D eigenvalue weighted by molar-refractivity contribution is 14.1. The van der Waals surface area contributed by atoms with E-state index in [1.807, 2.05) is 0 Å². The van der Waals surface area contributed by atoms with Gasteiger partial charge in [-0.1, -0.05) is 58.8 Å². The summed E-state index contributed by atoms with van der Waals surface area (Å²) in [5, 5.41) is 0. The monoisotopic (exact) mass is 443 g/mol. The van der Waals surface area contributed by atoms with Crippen LogP contribution in [0.3, 0.4) is 0 Å². The van der Waals surface area contributed by atoms with Crippen LogP contribution in [0.25, 0.3) is 11.0 Å². The summed E-state index contributed by atoms with van der Waals surface area (Å²) in [5.74, 6) is 1.13. The van der Waals surface area contributed by atoms with Crippen LogP contribution in [-0.2, 0) is 0 Å². The van der Waals surface area contributed by atoms with E-state index in [1.54, 1.807) is 0 Å². The number of aryl methyl sites for hydroxylation is 1. The predicted molar refractivity (Wildman–Crippen MR) is 112 cm³/mol. The zero-order valence-electron chi connectivity index (χ0n) is 14.4. The van der Waals surface area contributed by atoms with Crippen molar-refractivity contribution >= 4 is 45.3 Å². The number of anilines is 2. The molecule has 0 N–H and O–H groups in total. The molecular formula is C21H22IN3. The molecule has 1 fully saturated rings. The fraction of sp³-hybridized carbons (Fsp3) is 0.381. The van der Waals surface area contributed by atoms with E-state index >= 15 is 0 Å². The lowest BCUT2D eigenvalue weighted by atomic mass is 10.0. The van der Waals surface area contributed by atoms with Crippen LogP contribution in [0.2, 0.25) is 0 Å². The Labute approximate surface area is 162 Å². The Kier molecular flexibility index (Phi) is 3.77. The van der Waals surface area contributed by atoms with Crippen LogP contribution in [-0.4, -0.2) is 19.5 Å². The van der Waals surface area contributed by atoms with Gasteiger partial charge in [0.15, 0.2) is 0 Å². The zero-order valence-corrected chi connectivity index (χ0v) is 16.6. The fourth-order valence-corrected chi connectivity index (χ4v) is 5.51. The van der Waals surface area contributed by atoms with Gasteiger partial charge in [0.25, 0.3) is 0 Å². The highest BCUT2D eigenvalue weighted by atomic mass is 127. The second kappa shape index (κ2) is 6.01. The van der Waals surface area contributed by atoms with Crippen molar-refractivity contribution in [1.82, 2.24) is 9.55 Å². The normalized spacial score (nSPS) is 25.7. The molecule has 1 aromatic heterocycles. The van der Waals surface area contributed by atoms with Gasteiger partial charge < -0.3 is 9.47 Å². The van der Waals surface area contributed by atoms with E-state index in [1.165, 1.54) is 42.5 Å². The molecule has 1 saturated carbocycles. The first-order valence-corrected chi connectivity index (χ1v) is 10.4. The first-order valence-electron chi connectivity index (χ1n) is 9.19. The molecule has 3 nitrogen and oxygen atoms in total. The minimum atomic E-state index is 0.521. The lowest BCUT2D eigenvalue weighted by Crippen LogP contribution is -2.30. The molecule has 128 valence electrons. The number of imidazole rings is 1. The van der Waals surface area contributed by atoms with Crippen molar-refractivity contribution in [1.29, 1.82) is 0 Å². The second-order valence-corrected chi connectivity index (χ2v) is 9.14. The van der Waals surface area contributed by atoms with E-state index in [2.05, 4.69) is 87.5 Å². The summed E-state index contributed by atoms with van der Waals surface area (Å²) in [4.78, 5) is 7.55. The number of para-hydroxylation sites is 2. The number of hydrogen-bond donors (Lipinski definition) is 0. The minimum Gasteiger partial charge on any atom is -0.307 e. The lowest BCUT2D eigenvalue weighted by molar-refractivity contribution is 0.449. The van der Waals surface area contributed by atoms with E-state index < -0.39 is 0 Å². The number of benzene rings is 2. The summed E-state index contributed by atoms with van der Waals surface area (Å²) in [7, 11) is 0. The highest BCUT2D eigenvalue weighted by Crippen LogP contribution is 2.48. The topological polar surface area (TPSA) is 21.1 Å². The molecule has 1 aliphatic carbocycles. The Morgan fingerprint density at radius 2 is 1.80 bits per heavy atom. The third kappa shape index (κ3) is 2.48. The van der Waals surface area contributed by atoms with Crippen molar-refractivity contribution in [2.24, 2.45) is 0 Å². The van der Waals surface area contributed by atoms with Crippen LogP contribution in [0, 0.1) is 6.92 Å². The molecule has 25 heavy (non-hydrogen) atoms. The summed E-state index contributed by atoms with van der Waals surface area (Å²) in [6, 6.07) is 18.6. The molecule has 3 aromatic rings. The van der Waals surface area contributed by atoms with E-state index in [0.717, 1.165) is 15.4 Å². The predicted octanol–water partition coefficient (Wildman–Crippen LogP) is 5.78. The van der Waals surface area contributed by atoms with Gasteiger partial charge in [-0.2, -0.15) is 0 Å². The number of aromatic nitrogens is 2. The van der Waals surface area contributed by atoms with Crippen LogP contribution >= 0.6 is 22.6 Å². The number of fused-ring (bicyclic) bond motifs is 5. The summed E-state index contributed by atoms with van der Waals surface area (Å²) in [6.45, 7) is 2.15. The quantitative estimate of drug-likeness (QED) is 0.351. The second-order valence-electron chi connectivity index (χ2n) is 7.37. The van der Waals surface area contributed by atoms with Crippen molar-refractivity contribution in [2.75, 3.05) is 4.90 Å². The molecule has 0 saturated heterocycles. The van der Waals surface area contributed by atoms with E-state index in [0.29, 0.717) is 12.1 Å². The Balaban J connectivity index is 1.72. The van der Waals surface area contributed by atoms with Crippen LogP contribution in [0.4, 0.5) is 11.6 Å². The van der Waals surface area contributed by atoms with Crippen LogP contribution in [0.5, 0.6) is 0 Å². The summed E-state index contributed by atoms with van der Waals surface area (Å²) >= 11 is 2.65. The van der Waals surface area contributed by atoms with Crippen molar-refractivity contribution in [3.63, 3.8) is 0 Å². The molecule has 2 heterocycles. The number of nitrogens with zero attached hydrogens (tertiary/aromatic N) is 3. The number of halogens is 1. The smallest absolute Gasteiger partial charge is 0.211 e. The first kappa shape index (κ1) is 15.7. The van der Waals surface area contributed by atoms with Crippen molar-refractivity contribution in [3.05, 3.63) is 54.1 Å². The highest BCUT2D eigenvalue weighted by Gasteiger charge is 2.43. The van der Waals surface area contributed by atoms with Crippen molar-refractivity contribution in [3.8, 4) is 0 Å².